The first-order chi connectivity index (χ1) is 10.2. The van der Waals surface area contributed by atoms with E-state index in [0.29, 0.717) is 0 Å². The number of hydrogen-bond donors (Lipinski definition) is 0. The van der Waals surface area contributed by atoms with E-state index in [9.17, 15) is 4.21 Å². The van der Waals surface area contributed by atoms with Crippen LogP contribution in [0, 0.1) is 6.92 Å². The molecular weight excluding hydrogens is 282 g/mol. The van der Waals surface area contributed by atoms with Crippen LogP contribution in [0.3, 0.4) is 0 Å². The first-order valence-corrected chi connectivity index (χ1v) is 9.01. The standard InChI is InChI=1S/C17H23NO2S/c1-3-6-16-17(15-7-4-5-12-18(15)20-16)21(19)14-10-8-13(2)9-11-14/h8-11,15H,3-7,12H2,1-2H3/t15-,21+/m1/s1. The molecule has 2 aliphatic rings. The second-order valence-electron chi connectivity index (χ2n) is 5.86. The highest BCUT2D eigenvalue weighted by Gasteiger charge is 2.39. The third-order valence-corrected chi connectivity index (χ3v) is 5.77. The summed E-state index contributed by atoms with van der Waals surface area (Å²) in [4.78, 5) is 7.91. The van der Waals surface area contributed by atoms with E-state index in [0.717, 1.165) is 41.4 Å². The van der Waals surface area contributed by atoms with Gasteiger partial charge in [0.15, 0.2) is 0 Å². The summed E-state index contributed by atoms with van der Waals surface area (Å²) in [5.41, 5.74) is 1.19. The lowest BCUT2D eigenvalue weighted by molar-refractivity contribution is -0.132. The Kier molecular flexibility index (Phi) is 4.45. The maximum absolute atomic E-state index is 13.0. The Labute approximate surface area is 129 Å². The van der Waals surface area contributed by atoms with E-state index < -0.39 is 10.8 Å². The van der Waals surface area contributed by atoms with Gasteiger partial charge in [0.1, 0.15) is 5.76 Å². The number of aryl methyl sites for hydroxylation is 1. The van der Waals surface area contributed by atoms with E-state index in [4.69, 9.17) is 4.84 Å². The van der Waals surface area contributed by atoms with Crippen LogP contribution in [0.4, 0.5) is 0 Å². The van der Waals surface area contributed by atoms with Crippen LogP contribution < -0.4 is 0 Å². The minimum Gasteiger partial charge on any atom is -0.409 e. The lowest BCUT2D eigenvalue weighted by Crippen LogP contribution is -2.36. The Morgan fingerprint density at radius 2 is 2.05 bits per heavy atom. The molecule has 2 heterocycles. The topological polar surface area (TPSA) is 29.5 Å². The Bertz CT molecular complexity index is 565. The molecule has 0 aromatic heterocycles. The fourth-order valence-electron chi connectivity index (χ4n) is 3.06. The quantitative estimate of drug-likeness (QED) is 0.844. The molecule has 3 nitrogen and oxygen atoms in total. The molecule has 0 bridgehead atoms. The van der Waals surface area contributed by atoms with Gasteiger partial charge in [0.2, 0.25) is 0 Å². The van der Waals surface area contributed by atoms with E-state index in [1.165, 1.54) is 18.4 Å². The van der Waals surface area contributed by atoms with Crippen molar-refractivity contribution in [3.8, 4) is 0 Å². The second kappa shape index (κ2) is 6.32. The Morgan fingerprint density at radius 3 is 2.76 bits per heavy atom. The highest BCUT2D eigenvalue weighted by Crippen LogP contribution is 2.38. The first-order valence-electron chi connectivity index (χ1n) is 7.86. The van der Waals surface area contributed by atoms with Crippen molar-refractivity contribution in [3.05, 3.63) is 40.5 Å². The normalized spacial score (nSPS) is 23.8. The fourth-order valence-corrected chi connectivity index (χ4v) is 4.53. The molecule has 0 saturated carbocycles. The van der Waals surface area contributed by atoms with Crippen LogP contribution in [0.1, 0.15) is 44.6 Å². The van der Waals surface area contributed by atoms with Crippen molar-refractivity contribution in [3.63, 3.8) is 0 Å². The third-order valence-electron chi connectivity index (χ3n) is 4.17. The van der Waals surface area contributed by atoms with Gasteiger partial charge >= 0.3 is 0 Å². The molecule has 0 N–H and O–H groups in total. The summed E-state index contributed by atoms with van der Waals surface area (Å²) in [5, 5.41) is 2.05. The summed E-state index contributed by atoms with van der Waals surface area (Å²) < 4.78 is 13.0. The zero-order valence-electron chi connectivity index (χ0n) is 12.8. The van der Waals surface area contributed by atoms with Gasteiger partial charge in [-0.05, 0) is 44.7 Å². The summed E-state index contributed by atoms with van der Waals surface area (Å²) in [6, 6.07) is 8.23. The molecule has 0 radical (unpaired) electrons. The van der Waals surface area contributed by atoms with E-state index in [1.807, 2.05) is 24.3 Å². The van der Waals surface area contributed by atoms with Crippen LogP contribution in [0.25, 0.3) is 0 Å². The second-order valence-corrected chi connectivity index (χ2v) is 7.31. The van der Waals surface area contributed by atoms with Crippen molar-refractivity contribution in [2.75, 3.05) is 6.54 Å². The number of piperidine rings is 1. The smallest absolute Gasteiger partial charge is 0.138 e. The number of hydrogen-bond acceptors (Lipinski definition) is 3. The molecule has 1 saturated heterocycles. The zero-order chi connectivity index (χ0) is 14.8. The number of rotatable bonds is 4. The van der Waals surface area contributed by atoms with Crippen LogP contribution in [0.15, 0.2) is 39.8 Å². The molecule has 1 fully saturated rings. The summed E-state index contributed by atoms with van der Waals surface area (Å²) >= 11 is 0. The van der Waals surface area contributed by atoms with Crippen LogP contribution in [-0.4, -0.2) is 21.9 Å². The summed E-state index contributed by atoms with van der Waals surface area (Å²) in [7, 11) is -1.10. The van der Waals surface area contributed by atoms with E-state index in [2.05, 4.69) is 18.9 Å². The van der Waals surface area contributed by atoms with Crippen LogP contribution in [-0.2, 0) is 15.6 Å². The maximum Gasteiger partial charge on any atom is 0.138 e. The highest BCUT2D eigenvalue weighted by molar-refractivity contribution is 7.89. The molecule has 0 amide bonds. The van der Waals surface area contributed by atoms with Gasteiger partial charge in [-0.2, -0.15) is 0 Å². The van der Waals surface area contributed by atoms with Crippen molar-refractivity contribution in [2.24, 2.45) is 0 Å². The Hall–Kier alpha value is -1.13. The van der Waals surface area contributed by atoms with Gasteiger partial charge in [0.05, 0.1) is 21.7 Å². The van der Waals surface area contributed by atoms with E-state index in [1.54, 1.807) is 0 Å². The van der Waals surface area contributed by atoms with Gasteiger partial charge < -0.3 is 4.84 Å². The fraction of sp³-hybridized carbons (Fsp3) is 0.529. The van der Waals surface area contributed by atoms with Crippen molar-refractivity contribution < 1.29 is 9.05 Å². The molecule has 1 aromatic rings. The number of benzene rings is 1. The van der Waals surface area contributed by atoms with Crippen molar-refractivity contribution in [1.29, 1.82) is 0 Å². The number of hydroxylamine groups is 2. The van der Waals surface area contributed by atoms with E-state index in [-0.39, 0.29) is 6.04 Å². The van der Waals surface area contributed by atoms with Gasteiger partial charge in [0.25, 0.3) is 0 Å². The van der Waals surface area contributed by atoms with Gasteiger partial charge in [-0.3, -0.25) is 0 Å². The SMILES string of the molecule is CCCC1=C([S@@](=O)c2ccc(C)cc2)[C@H]2CCCCN2O1. The average Bonchev–Trinajstić information content (AvgIpc) is 2.85. The van der Waals surface area contributed by atoms with Crippen LogP contribution in [0.2, 0.25) is 0 Å². The largest absolute Gasteiger partial charge is 0.409 e. The third kappa shape index (κ3) is 2.92. The average molecular weight is 305 g/mol. The first kappa shape index (κ1) is 14.8. The van der Waals surface area contributed by atoms with Crippen molar-refractivity contribution >= 4 is 10.8 Å². The minimum atomic E-state index is -1.10. The molecule has 0 spiro atoms. The predicted molar refractivity (Wildman–Crippen MR) is 85.0 cm³/mol. The van der Waals surface area contributed by atoms with Gasteiger partial charge in [-0.1, -0.05) is 24.6 Å². The lowest BCUT2D eigenvalue weighted by atomic mass is 10.0. The number of fused-ring (bicyclic) bond motifs is 1. The lowest BCUT2D eigenvalue weighted by Gasteiger charge is -2.28. The maximum atomic E-state index is 13.0. The van der Waals surface area contributed by atoms with Gasteiger partial charge in [-0.15, -0.1) is 5.06 Å². The van der Waals surface area contributed by atoms with Crippen LogP contribution in [0.5, 0.6) is 0 Å². The molecule has 1 aromatic carbocycles. The molecule has 3 rings (SSSR count). The molecule has 4 heteroatoms. The summed E-state index contributed by atoms with van der Waals surface area (Å²) in [6.07, 6.45) is 5.31. The predicted octanol–water partition coefficient (Wildman–Crippen LogP) is 3.91. The van der Waals surface area contributed by atoms with Gasteiger partial charge in [-0.25, -0.2) is 4.21 Å². The molecule has 0 unspecified atom stereocenters. The van der Waals surface area contributed by atoms with Crippen LogP contribution >= 0.6 is 0 Å². The highest BCUT2D eigenvalue weighted by atomic mass is 32.2. The van der Waals surface area contributed by atoms with Gasteiger partial charge in [0, 0.05) is 17.9 Å². The monoisotopic (exact) mass is 305 g/mol. The van der Waals surface area contributed by atoms with Crippen molar-refractivity contribution in [2.45, 2.75) is 56.9 Å². The molecule has 2 atom stereocenters. The summed E-state index contributed by atoms with van der Waals surface area (Å²) in [5.74, 6) is 0.948. The van der Waals surface area contributed by atoms with Crippen molar-refractivity contribution in [1.82, 2.24) is 5.06 Å². The molecular formula is C17H23NO2S. The van der Waals surface area contributed by atoms with E-state index >= 15 is 0 Å². The number of allylic oxidation sites excluding steroid dienone is 1. The Morgan fingerprint density at radius 1 is 1.29 bits per heavy atom. The molecule has 2 aliphatic heterocycles. The number of nitrogens with zero attached hydrogens (tertiary/aromatic N) is 1. The molecule has 114 valence electrons. The minimum absolute atomic E-state index is 0.211. The summed E-state index contributed by atoms with van der Waals surface area (Å²) in [6.45, 7) is 5.14. The zero-order valence-corrected chi connectivity index (χ0v) is 13.6. The Balaban J connectivity index is 1.93. The molecule has 21 heavy (non-hydrogen) atoms. The molecule has 0 aliphatic carbocycles.